The number of fused-ring (bicyclic) bond motifs is 2. The van der Waals surface area contributed by atoms with Gasteiger partial charge < -0.3 is 5.73 Å². The van der Waals surface area contributed by atoms with Gasteiger partial charge in [-0.2, -0.15) is 0 Å². The van der Waals surface area contributed by atoms with Crippen LogP contribution in [-0.4, -0.2) is 9.97 Å². The standard InChI is InChI=1S/C36H25N3/c37-30-20-21-31-28(23-30)11-7-13-32(31)36-35(38-33-14-4-5-15-34(33)39-36)29-12-6-10-27(22-29)26-18-16-25(17-19-26)24-8-2-1-3-9-24/h1-23H,37H2. The fourth-order valence-electron chi connectivity index (χ4n) is 5.23. The molecule has 0 aliphatic heterocycles. The molecule has 184 valence electrons. The number of rotatable bonds is 4. The topological polar surface area (TPSA) is 51.8 Å². The third-order valence-electron chi connectivity index (χ3n) is 7.19. The second-order valence-electron chi connectivity index (χ2n) is 9.72. The molecule has 0 fully saturated rings. The van der Waals surface area contributed by atoms with Crippen LogP contribution in [0.15, 0.2) is 140 Å². The molecule has 2 N–H and O–H groups in total. The summed E-state index contributed by atoms with van der Waals surface area (Å²) in [7, 11) is 0. The molecule has 6 aromatic carbocycles. The van der Waals surface area contributed by atoms with Gasteiger partial charge in [0.15, 0.2) is 0 Å². The summed E-state index contributed by atoms with van der Waals surface area (Å²) in [5, 5.41) is 2.19. The van der Waals surface area contributed by atoms with E-state index in [4.69, 9.17) is 15.7 Å². The van der Waals surface area contributed by atoms with E-state index in [-0.39, 0.29) is 0 Å². The predicted molar refractivity (Wildman–Crippen MR) is 163 cm³/mol. The van der Waals surface area contributed by atoms with Gasteiger partial charge in [-0.25, -0.2) is 9.97 Å². The van der Waals surface area contributed by atoms with E-state index < -0.39 is 0 Å². The maximum absolute atomic E-state index is 6.09. The van der Waals surface area contributed by atoms with Crippen LogP contribution in [0.25, 0.3) is 66.6 Å². The van der Waals surface area contributed by atoms with Crippen LogP contribution in [0, 0.1) is 0 Å². The van der Waals surface area contributed by atoms with Crippen molar-refractivity contribution < 1.29 is 0 Å². The number of para-hydroxylation sites is 2. The molecule has 0 spiro atoms. The quantitative estimate of drug-likeness (QED) is 0.246. The Morgan fingerprint density at radius 1 is 0.410 bits per heavy atom. The first kappa shape index (κ1) is 22.9. The van der Waals surface area contributed by atoms with E-state index >= 15 is 0 Å². The van der Waals surface area contributed by atoms with Gasteiger partial charge in [0, 0.05) is 16.8 Å². The average molecular weight is 500 g/mol. The Morgan fingerprint density at radius 2 is 1.00 bits per heavy atom. The molecule has 0 aliphatic rings. The van der Waals surface area contributed by atoms with E-state index in [9.17, 15) is 0 Å². The zero-order valence-corrected chi connectivity index (χ0v) is 21.3. The van der Waals surface area contributed by atoms with Crippen molar-refractivity contribution in [2.45, 2.75) is 0 Å². The zero-order chi connectivity index (χ0) is 26.2. The van der Waals surface area contributed by atoms with Gasteiger partial charge in [0.05, 0.1) is 22.4 Å². The van der Waals surface area contributed by atoms with Crippen LogP contribution in [0.5, 0.6) is 0 Å². The number of nitrogen functional groups attached to an aromatic ring is 1. The molecular formula is C36H25N3. The van der Waals surface area contributed by atoms with Crippen LogP contribution in [0.4, 0.5) is 5.69 Å². The number of hydrogen-bond donors (Lipinski definition) is 1. The SMILES string of the molecule is Nc1ccc2c(-c3nc4ccccc4nc3-c3cccc(-c4ccc(-c5ccccc5)cc4)c3)cccc2c1. The first-order valence-electron chi connectivity index (χ1n) is 13.0. The molecule has 1 aromatic heterocycles. The van der Waals surface area contributed by atoms with Gasteiger partial charge in [-0.1, -0.05) is 109 Å². The molecule has 1 heterocycles. The van der Waals surface area contributed by atoms with Crippen molar-refractivity contribution in [1.82, 2.24) is 9.97 Å². The highest BCUT2D eigenvalue weighted by Crippen LogP contribution is 2.37. The molecular weight excluding hydrogens is 474 g/mol. The first-order chi connectivity index (χ1) is 19.2. The van der Waals surface area contributed by atoms with Crippen molar-refractivity contribution in [3.05, 3.63) is 140 Å². The molecule has 3 nitrogen and oxygen atoms in total. The zero-order valence-electron chi connectivity index (χ0n) is 21.3. The van der Waals surface area contributed by atoms with Crippen molar-refractivity contribution in [2.75, 3.05) is 5.73 Å². The number of benzene rings is 6. The largest absolute Gasteiger partial charge is 0.399 e. The average Bonchev–Trinajstić information content (AvgIpc) is 3.00. The third-order valence-corrected chi connectivity index (χ3v) is 7.19. The molecule has 0 saturated heterocycles. The number of aromatic nitrogens is 2. The number of nitrogens with two attached hydrogens (primary N) is 1. The molecule has 0 unspecified atom stereocenters. The van der Waals surface area contributed by atoms with Crippen LogP contribution in [0.3, 0.4) is 0 Å². The van der Waals surface area contributed by atoms with Crippen LogP contribution < -0.4 is 5.73 Å². The lowest BCUT2D eigenvalue weighted by Crippen LogP contribution is -1.96. The highest BCUT2D eigenvalue weighted by molar-refractivity contribution is 6.01. The molecule has 0 radical (unpaired) electrons. The van der Waals surface area contributed by atoms with Crippen molar-refractivity contribution in [3.8, 4) is 44.8 Å². The number of nitrogens with zero attached hydrogens (tertiary/aromatic N) is 2. The Kier molecular flexibility index (Phi) is 5.60. The van der Waals surface area contributed by atoms with Crippen LogP contribution >= 0.6 is 0 Å². The summed E-state index contributed by atoms with van der Waals surface area (Å²) >= 11 is 0. The molecule has 39 heavy (non-hydrogen) atoms. The summed E-state index contributed by atoms with van der Waals surface area (Å²) in [4.78, 5) is 10.3. The number of hydrogen-bond acceptors (Lipinski definition) is 3. The molecule has 7 aromatic rings. The van der Waals surface area contributed by atoms with E-state index in [1.165, 1.54) is 11.1 Å². The van der Waals surface area contributed by atoms with E-state index in [2.05, 4.69) is 97.1 Å². The van der Waals surface area contributed by atoms with Gasteiger partial charge in [0.25, 0.3) is 0 Å². The van der Waals surface area contributed by atoms with Crippen molar-refractivity contribution >= 4 is 27.5 Å². The Labute approximate surface area is 227 Å². The molecule has 0 saturated carbocycles. The highest BCUT2D eigenvalue weighted by atomic mass is 14.8. The highest BCUT2D eigenvalue weighted by Gasteiger charge is 2.16. The fraction of sp³-hybridized carbons (Fsp3) is 0. The second kappa shape index (κ2) is 9.55. The van der Waals surface area contributed by atoms with Crippen molar-refractivity contribution in [1.29, 1.82) is 0 Å². The predicted octanol–water partition coefficient (Wildman–Crippen LogP) is 9.03. The molecule has 3 heteroatoms. The Hall–Kier alpha value is -5.28. The van der Waals surface area contributed by atoms with E-state index in [1.54, 1.807) is 0 Å². The number of anilines is 1. The van der Waals surface area contributed by atoms with Gasteiger partial charge in [0.1, 0.15) is 0 Å². The molecule has 0 atom stereocenters. The van der Waals surface area contributed by atoms with Gasteiger partial charge in [0.2, 0.25) is 0 Å². The van der Waals surface area contributed by atoms with Gasteiger partial charge in [-0.05, 0) is 63.4 Å². The maximum atomic E-state index is 6.09. The Bertz CT molecular complexity index is 1960. The van der Waals surface area contributed by atoms with E-state index in [1.807, 2.05) is 42.5 Å². The van der Waals surface area contributed by atoms with Gasteiger partial charge in [-0.3, -0.25) is 0 Å². The van der Waals surface area contributed by atoms with Crippen LogP contribution in [0.2, 0.25) is 0 Å². The summed E-state index contributed by atoms with van der Waals surface area (Å²) in [5.41, 5.74) is 17.1. The molecule has 0 bridgehead atoms. The van der Waals surface area contributed by atoms with Gasteiger partial charge >= 0.3 is 0 Å². The van der Waals surface area contributed by atoms with E-state index in [0.29, 0.717) is 0 Å². The minimum absolute atomic E-state index is 0.746. The minimum atomic E-state index is 0.746. The summed E-state index contributed by atoms with van der Waals surface area (Å²) in [5.74, 6) is 0. The normalized spacial score (nSPS) is 11.2. The Balaban J connectivity index is 1.38. The summed E-state index contributed by atoms with van der Waals surface area (Å²) < 4.78 is 0. The second-order valence-corrected chi connectivity index (χ2v) is 9.72. The molecule has 0 amide bonds. The van der Waals surface area contributed by atoms with Crippen LogP contribution in [0.1, 0.15) is 0 Å². The Morgan fingerprint density at radius 3 is 1.77 bits per heavy atom. The smallest absolute Gasteiger partial charge is 0.0979 e. The monoisotopic (exact) mass is 499 g/mol. The summed E-state index contributed by atoms with van der Waals surface area (Å²) in [6.07, 6.45) is 0. The fourth-order valence-corrected chi connectivity index (χ4v) is 5.23. The first-order valence-corrected chi connectivity index (χ1v) is 13.0. The summed E-state index contributed by atoms with van der Waals surface area (Å²) in [6.45, 7) is 0. The van der Waals surface area contributed by atoms with E-state index in [0.717, 1.165) is 61.1 Å². The van der Waals surface area contributed by atoms with Gasteiger partial charge in [-0.15, -0.1) is 0 Å². The lowest BCUT2D eigenvalue weighted by Gasteiger charge is -2.14. The van der Waals surface area contributed by atoms with Crippen molar-refractivity contribution in [2.24, 2.45) is 0 Å². The van der Waals surface area contributed by atoms with Crippen LogP contribution in [-0.2, 0) is 0 Å². The molecule has 7 rings (SSSR count). The maximum Gasteiger partial charge on any atom is 0.0979 e. The van der Waals surface area contributed by atoms with Crippen molar-refractivity contribution in [3.63, 3.8) is 0 Å². The lowest BCUT2D eigenvalue weighted by atomic mass is 9.95. The third kappa shape index (κ3) is 4.30. The lowest BCUT2D eigenvalue weighted by molar-refractivity contribution is 1.30. The summed E-state index contributed by atoms with van der Waals surface area (Å²) in [6, 6.07) is 48.1. The molecule has 0 aliphatic carbocycles. The minimum Gasteiger partial charge on any atom is -0.399 e.